The first-order valence-electron chi connectivity index (χ1n) is 9.17. The van der Waals surface area contributed by atoms with Gasteiger partial charge in [-0.3, -0.25) is 9.59 Å². The molecule has 144 valence electrons. The van der Waals surface area contributed by atoms with Gasteiger partial charge in [-0.1, -0.05) is 27.2 Å². The third-order valence-corrected chi connectivity index (χ3v) is 7.70. The Balaban J connectivity index is 2.14. The van der Waals surface area contributed by atoms with Crippen molar-refractivity contribution in [2.45, 2.75) is 58.9 Å². The van der Waals surface area contributed by atoms with Gasteiger partial charge in [0.2, 0.25) is 15.9 Å². The first-order chi connectivity index (χ1) is 11.7. The SMILES string of the molecule is CCCCS(=O)(=O)N1CCCC1C(=O)N1CCC(C(=O)O)(C(C)C)C1. The third-order valence-electron chi connectivity index (χ3n) is 5.75. The third kappa shape index (κ3) is 3.84. The fraction of sp³-hybridized carbons (Fsp3) is 0.882. The molecule has 0 radical (unpaired) electrons. The number of unbranched alkanes of at least 4 members (excludes halogenated alkanes) is 1. The molecular formula is C17H30N2O5S. The zero-order chi connectivity index (χ0) is 18.8. The van der Waals surface area contributed by atoms with Crippen molar-refractivity contribution in [2.24, 2.45) is 11.3 Å². The first kappa shape index (κ1) is 20.2. The number of aliphatic carboxylic acids is 1. The van der Waals surface area contributed by atoms with Gasteiger partial charge >= 0.3 is 5.97 Å². The molecule has 2 aliphatic rings. The van der Waals surface area contributed by atoms with Gasteiger partial charge in [0.05, 0.1) is 11.2 Å². The maximum atomic E-state index is 12.9. The smallest absolute Gasteiger partial charge is 0.311 e. The minimum Gasteiger partial charge on any atom is -0.481 e. The second-order valence-electron chi connectivity index (χ2n) is 7.56. The highest BCUT2D eigenvalue weighted by Crippen LogP contribution is 2.39. The standard InChI is InChI=1S/C17H30N2O5S/c1-4-5-11-25(23,24)19-9-6-7-14(19)15(20)18-10-8-17(12-18,13(2)3)16(21)22/h13-14H,4-12H2,1-3H3,(H,21,22). The minimum atomic E-state index is -3.44. The number of nitrogens with zero attached hydrogens (tertiary/aromatic N) is 2. The van der Waals surface area contributed by atoms with Crippen molar-refractivity contribution in [1.29, 1.82) is 0 Å². The van der Waals surface area contributed by atoms with Crippen LogP contribution < -0.4 is 0 Å². The fourth-order valence-electron chi connectivity index (χ4n) is 3.89. The summed E-state index contributed by atoms with van der Waals surface area (Å²) in [6, 6.07) is -0.668. The molecule has 0 bridgehead atoms. The monoisotopic (exact) mass is 374 g/mol. The molecule has 0 aliphatic carbocycles. The number of hydrogen-bond acceptors (Lipinski definition) is 4. The molecule has 0 spiro atoms. The van der Waals surface area contributed by atoms with E-state index in [1.165, 1.54) is 4.31 Å². The van der Waals surface area contributed by atoms with Crippen LogP contribution in [0.2, 0.25) is 0 Å². The Kier molecular flexibility index (Phi) is 6.14. The molecule has 2 unspecified atom stereocenters. The average Bonchev–Trinajstić information content (AvgIpc) is 3.20. The van der Waals surface area contributed by atoms with Crippen molar-refractivity contribution in [3.8, 4) is 0 Å². The predicted octanol–water partition coefficient (Wildman–Crippen LogP) is 1.54. The summed E-state index contributed by atoms with van der Waals surface area (Å²) >= 11 is 0. The van der Waals surface area contributed by atoms with Gasteiger partial charge in [0.15, 0.2) is 0 Å². The topological polar surface area (TPSA) is 95.0 Å². The van der Waals surface area contributed by atoms with Crippen molar-refractivity contribution in [2.75, 3.05) is 25.4 Å². The van der Waals surface area contributed by atoms with Gasteiger partial charge in [-0.15, -0.1) is 0 Å². The number of carboxylic acids is 1. The molecule has 25 heavy (non-hydrogen) atoms. The zero-order valence-electron chi connectivity index (χ0n) is 15.4. The van der Waals surface area contributed by atoms with Crippen LogP contribution in [0.5, 0.6) is 0 Å². The maximum absolute atomic E-state index is 12.9. The van der Waals surface area contributed by atoms with Crippen LogP contribution in [0.25, 0.3) is 0 Å². The molecular weight excluding hydrogens is 344 g/mol. The molecule has 2 aliphatic heterocycles. The Hall–Kier alpha value is -1.15. The van der Waals surface area contributed by atoms with Gasteiger partial charge in [-0.05, 0) is 31.6 Å². The normalized spacial score (nSPS) is 28.0. The number of likely N-dealkylation sites (tertiary alicyclic amines) is 1. The summed E-state index contributed by atoms with van der Waals surface area (Å²) in [4.78, 5) is 26.3. The lowest BCUT2D eigenvalue weighted by atomic mass is 9.76. The molecule has 2 rings (SSSR count). The van der Waals surface area contributed by atoms with Crippen molar-refractivity contribution < 1.29 is 23.1 Å². The maximum Gasteiger partial charge on any atom is 0.311 e. The van der Waals surface area contributed by atoms with Crippen molar-refractivity contribution in [3.63, 3.8) is 0 Å². The zero-order valence-corrected chi connectivity index (χ0v) is 16.2. The number of sulfonamides is 1. The first-order valence-corrected chi connectivity index (χ1v) is 10.8. The molecule has 1 amide bonds. The summed E-state index contributed by atoms with van der Waals surface area (Å²) in [6.07, 6.45) is 2.97. The summed E-state index contributed by atoms with van der Waals surface area (Å²) in [5.41, 5.74) is -0.930. The highest BCUT2D eigenvalue weighted by atomic mass is 32.2. The molecule has 2 fully saturated rings. The molecule has 0 aromatic heterocycles. The molecule has 1 N–H and O–H groups in total. The molecule has 2 heterocycles. The van der Waals surface area contributed by atoms with Gasteiger partial charge < -0.3 is 10.0 Å². The number of hydrogen-bond donors (Lipinski definition) is 1. The fourth-order valence-corrected chi connectivity index (χ4v) is 5.77. The van der Waals surface area contributed by atoms with E-state index in [2.05, 4.69) is 0 Å². The lowest BCUT2D eigenvalue weighted by Gasteiger charge is -2.31. The molecule has 2 saturated heterocycles. The highest BCUT2D eigenvalue weighted by Gasteiger charge is 2.50. The van der Waals surface area contributed by atoms with Gasteiger partial charge in [0.25, 0.3) is 0 Å². The molecule has 0 aromatic carbocycles. The minimum absolute atomic E-state index is 0.0678. The van der Waals surface area contributed by atoms with Gasteiger partial charge in [0.1, 0.15) is 6.04 Å². The van der Waals surface area contributed by atoms with E-state index < -0.39 is 27.4 Å². The number of carboxylic acid groups (broad SMARTS) is 1. The Morgan fingerprint density at radius 3 is 2.48 bits per heavy atom. The second-order valence-corrected chi connectivity index (χ2v) is 9.61. The Morgan fingerprint density at radius 1 is 1.28 bits per heavy atom. The van der Waals surface area contributed by atoms with E-state index >= 15 is 0 Å². The summed E-state index contributed by atoms with van der Waals surface area (Å²) in [6.45, 7) is 6.58. The quantitative estimate of drug-likeness (QED) is 0.729. The summed E-state index contributed by atoms with van der Waals surface area (Å²) in [7, 11) is -3.44. The number of carbonyl (C=O) groups excluding carboxylic acids is 1. The average molecular weight is 375 g/mol. The Labute approximate surface area is 150 Å². The Bertz CT molecular complexity index is 619. The van der Waals surface area contributed by atoms with Crippen LogP contribution in [-0.4, -0.2) is 66.0 Å². The molecule has 8 heteroatoms. The second kappa shape index (κ2) is 7.61. The largest absolute Gasteiger partial charge is 0.481 e. The van der Waals surface area contributed by atoms with Crippen LogP contribution in [0.3, 0.4) is 0 Å². The molecule has 2 atom stereocenters. The van der Waals surface area contributed by atoms with E-state index in [1.54, 1.807) is 4.90 Å². The van der Waals surface area contributed by atoms with Crippen molar-refractivity contribution in [1.82, 2.24) is 9.21 Å². The predicted molar refractivity (Wildman–Crippen MR) is 94.5 cm³/mol. The van der Waals surface area contributed by atoms with E-state index in [-0.39, 0.29) is 24.1 Å². The lowest BCUT2D eigenvalue weighted by Crippen LogP contribution is -2.49. The van der Waals surface area contributed by atoms with Crippen LogP contribution in [0.15, 0.2) is 0 Å². The number of rotatable bonds is 7. The molecule has 0 saturated carbocycles. The van der Waals surface area contributed by atoms with Crippen LogP contribution >= 0.6 is 0 Å². The van der Waals surface area contributed by atoms with Crippen LogP contribution in [0.4, 0.5) is 0 Å². The van der Waals surface area contributed by atoms with Crippen LogP contribution in [0, 0.1) is 11.3 Å². The summed E-state index contributed by atoms with van der Waals surface area (Å²) < 4.78 is 26.4. The van der Waals surface area contributed by atoms with Crippen LogP contribution in [0.1, 0.15) is 52.9 Å². The molecule has 7 nitrogen and oxygen atoms in total. The van der Waals surface area contributed by atoms with E-state index in [9.17, 15) is 23.1 Å². The van der Waals surface area contributed by atoms with E-state index in [4.69, 9.17) is 0 Å². The van der Waals surface area contributed by atoms with Crippen LogP contribution in [-0.2, 0) is 19.6 Å². The highest BCUT2D eigenvalue weighted by molar-refractivity contribution is 7.89. The summed E-state index contributed by atoms with van der Waals surface area (Å²) in [5, 5.41) is 9.63. The van der Waals surface area contributed by atoms with E-state index in [1.807, 2.05) is 20.8 Å². The molecule has 0 aromatic rings. The van der Waals surface area contributed by atoms with Gasteiger partial charge in [-0.25, -0.2) is 8.42 Å². The van der Waals surface area contributed by atoms with Gasteiger partial charge in [-0.2, -0.15) is 4.31 Å². The lowest BCUT2D eigenvalue weighted by molar-refractivity contribution is -0.151. The van der Waals surface area contributed by atoms with Crippen molar-refractivity contribution in [3.05, 3.63) is 0 Å². The summed E-state index contributed by atoms with van der Waals surface area (Å²) in [5.74, 6) is -1.13. The van der Waals surface area contributed by atoms with Crippen molar-refractivity contribution >= 4 is 21.9 Å². The number of amides is 1. The Morgan fingerprint density at radius 2 is 1.96 bits per heavy atom. The van der Waals surface area contributed by atoms with E-state index in [0.29, 0.717) is 38.8 Å². The van der Waals surface area contributed by atoms with E-state index in [0.717, 1.165) is 6.42 Å². The number of carbonyl (C=O) groups is 2. The van der Waals surface area contributed by atoms with Gasteiger partial charge in [0, 0.05) is 19.6 Å².